The van der Waals surface area contributed by atoms with Crippen LogP contribution in [0.5, 0.6) is 0 Å². The molecular formula is C9H15NO2. The third kappa shape index (κ3) is 3.40. The van der Waals surface area contributed by atoms with Crippen molar-refractivity contribution in [2.75, 3.05) is 14.1 Å². The lowest BCUT2D eigenvalue weighted by molar-refractivity contribution is -0.139. The number of amides is 1. The number of hydrogen-bond donors (Lipinski definition) is 0. The van der Waals surface area contributed by atoms with Crippen molar-refractivity contribution in [3.8, 4) is 12.3 Å². The Morgan fingerprint density at radius 3 is 2.25 bits per heavy atom. The van der Waals surface area contributed by atoms with Crippen LogP contribution in [0.2, 0.25) is 0 Å². The molecule has 0 unspecified atom stereocenters. The van der Waals surface area contributed by atoms with Crippen LogP contribution >= 0.6 is 0 Å². The molecule has 0 saturated heterocycles. The second-order valence-corrected chi connectivity index (χ2v) is 2.96. The number of rotatable bonds is 3. The maximum Gasteiger partial charge on any atom is 0.263 e. The van der Waals surface area contributed by atoms with Crippen molar-refractivity contribution in [2.45, 2.75) is 26.1 Å². The lowest BCUT2D eigenvalue weighted by Gasteiger charge is -2.18. The van der Waals surface area contributed by atoms with Gasteiger partial charge in [-0.2, -0.15) is 0 Å². The van der Waals surface area contributed by atoms with Crippen LogP contribution in [0.25, 0.3) is 0 Å². The van der Waals surface area contributed by atoms with E-state index in [1.165, 1.54) is 4.90 Å². The van der Waals surface area contributed by atoms with Gasteiger partial charge in [-0.1, -0.05) is 5.92 Å². The molecule has 0 N–H and O–H groups in total. The average molecular weight is 169 g/mol. The Balaban J connectivity index is 4.18. The minimum Gasteiger partial charge on any atom is -0.353 e. The van der Waals surface area contributed by atoms with Crippen molar-refractivity contribution in [1.82, 2.24) is 4.90 Å². The molecule has 0 fully saturated rings. The molecule has 0 saturated carbocycles. The van der Waals surface area contributed by atoms with Crippen molar-refractivity contribution >= 4 is 5.91 Å². The minimum absolute atomic E-state index is 0.0325. The molecule has 0 aromatic heterocycles. The highest BCUT2D eigenvalue weighted by molar-refractivity contribution is 5.83. The van der Waals surface area contributed by atoms with Gasteiger partial charge < -0.3 is 9.64 Å². The van der Waals surface area contributed by atoms with Crippen molar-refractivity contribution in [2.24, 2.45) is 0 Å². The van der Waals surface area contributed by atoms with Crippen LogP contribution in [0.4, 0.5) is 0 Å². The van der Waals surface area contributed by atoms with E-state index in [0.29, 0.717) is 0 Å². The number of carbonyl (C=O) groups excluding carboxylic acids is 1. The van der Waals surface area contributed by atoms with Gasteiger partial charge in [0.2, 0.25) is 0 Å². The number of nitrogens with zero attached hydrogens (tertiary/aromatic N) is 1. The molecule has 0 aliphatic rings. The lowest BCUT2D eigenvalue weighted by Crippen LogP contribution is -2.35. The van der Waals surface area contributed by atoms with Gasteiger partial charge in [0, 0.05) is 14.1 Å². The van der Waals surface area contributed by atoms with Gasteiger partial charge in [0.05, 0.1) is 6.10 Å². The number of ether oxygens (including phenoxy) is 1. The standard InChI is InChI=1S/C9H15NO2/c1-6-8(12-7(2)3)9(11)10(4)5/h1,7-8H,2-5H3/t8-/m0/s1. The summed E-state index contributed by atoms with van der Waals surface area (Å²) < 4.78 is 5.20. The van der Waals surface area contributed by atoms with Crippen molar-refractivity contribution in [3.05, 3.63) is 0 Å². The molecule has 0 aliphatic heterocycles. The number of hydrogen-bond acceptors (Lipinski definition) is 2. The molecule has 68 valence electrons. The molecule has 0 spiro atoms. The zero-order chi connectivity index (χ0) is 9.72. The third-order valence-corrected chi connectivity index (χ3v) is 1.22. The monoisotopic (exact) mass is 169 g/mol. The lowest BCUT2D eigenvalue weighted by atomic mass is 10.3. The molecule has 3 nitrogen and oxygen atoms in total. The quantitative estimate of drug-likeness (QED) is 0.576. The first-order valence-corrected chi connectivity index (χ1v) is 3.81. The van der Waals surface area contributed by atoms with Crippen LogP contribution in [0, 0.1) is 12.3 Å². The van der Waals surface area contributed by atoms with E-state index in [1.807, 2.05) is 13.8 Å². The van der Waals surface area contributed by atoms with Gasteiger partial charge in [-0.3, -0.25) is 4.79 Å². The fourth-order valence-corrected chi connectivity index (χ4v) is 0.675. The molecule has 0 bridgehead atoms. The van der Waals surface area contributed by atoms with Crippen LogP contribution in [-0.4, -0.2) is 37.1 Å². The maximum absolute atomic E-state index is 11.3. The van der Waals surface area contributed by atoms with Crippen LogP contribution in [0.3, 0.4) is 0 Å². The van der Waals surface area contributed by atoms with Crippen LogP contribution in [0.1, 0.15) is 13.8 Å². The predicted octanol–water partition coefficient (Wildman–Crippen LogP) is 0.501. The third-order valence-electron chi connectivity index (χ3n) is 1.22. The Labute approximate surface area is 73.7 Å². The van der Waals surface area contributed by atoms with Gasteiger partial charge in [-0.25, -0.2) is 0 Å². The topological polar surface area (TPSA) is 29.5 Å². The zero-order valence-electron chi connectivity index (χ0n) is 8.00. The summed E-state index contributed by atoms with van der Waals surface area (Å²) in [5, 5.41) is 0. The second-order valence-electron chi connectivity index (χ2n) is 2.96. The fraction of sp³-hybridized carbons (Fsp3) is 0.667. The second kappa shape index (κ2) is 4.78. The van der Waals surface area contributed by atoms with Gasteiger partial charge in [0.15, 0.2) is 6.10 Å². The molecule has 3 heteroatoms. The molecule has 1 atom stereocenters. The summed E-state index contributed by atoms with van der Waals surface area (Å²) in [6.07, 6.45) is 4.35. The van der Waals surface area contributed by atoms with Crippen molar-refractivity contribution < 1.29 is 9.53 Å². The molecule has 12 heavy (non-hydrogen) atoms. The smallest absolute Gasteiger partial charge is 0.263 e. The van der Waals surface area contributed by atoms with Crippen LogP contribution < -0.4 is 0 Å². The van der Waals surface area contributed by atoms with E-state index in [1.54, 1.807) is 14.1 Å². The van der Waals surface area contributed by atoms with E-state index in [9.17, 15) is 4.79 Å². The van der Waals surface area contributed by atoms with Gasteiger partial charge in [0.25, 0.3) is 5.91 Å². The Kier molecular flexibility index (Phi) is 4.38. The van der Waals surface area contributed by atoms with E-state index in [2.05, 4.69) is 5.92 Å². The average Bonchev–Trinajstić information content (AvgIpc) is 1.98. The van der Waals surface area contributed by atoms with E-state index in [-0.39, 0.29) is 12.0 Å². The molecule has 0 aliphatic carbocycles. The van der Waals surface area contributed by atoms with Gasteiger partial charge in [-0.15, -0.1) is 6.42 Å². The van der Waals surface area contributed by atoms with Gasteiger partial charge in [-0.05, 0) is 13.8 Å². The summed E-state index contributed by atoms with van der Waals surface area (Å²) in [6, 6.07) is 0. The molecule has 0 heterocycles. The van der Waals surface area contributed by atoms with E-state index in [4.69, 9.17) is 11.2 Å². The van der Waals surface area contributed by atoms with Crippen LogP contribution in [0.15, 0.2) is 0 Å². The number of likely N-dealkylation sites (N-methyl/N-ethyl adjacent to an activating group) is 1. The summed E-state index contributed by atoms with van der Waals surface area (Å²) in [7, 11) is 3.30. The van der Waals surface area contributed by atoms with Gasteiger partial charge in [0.1, 0.15) is 0 Å². The highest BCUT2D eigenvalue weighted by atomic mass is 16.5. The summed E-state index contributed by atoms with van der Waals surface area (Å²) in [6.45, 7) is 3.68. The van der Waals surface area contributed by atoms with Gasteiger partial charge >= 0.3 is 0 Å². The largest absolute Gasteiger partial charge is 0.353 e. The van der Waals surface area contributed by atoms with Crippen molar-refractivity contribution in [3.63, 3.8) is 0 Å². The fourth-order valence-electron chi connectivity index (χ4n) is 0.675. The molecular weight excluding hydrogens is 154 g/mol. The minimum atomic E-state index is -0.750. The Bertz CT molecular complexity index is 191. The maximum atomic E-state index is 11.3. The molecule has 1 amide bonds. The first kappa shape index (κ1) is 11.0. The summed E-state index contributed by atoms with van der Waals surface area (Å²) in [4.78, 5) is 12.7. The molecule has 0 radical (unpaired) electrons. The first-order valence-electron chi connectivity index (χ1n) is 3.81. The number of terminal acetylenes is 1. The van der Waals surface area contributed by atoms with E-state index < -0.39 is 6.10 Å². The number of carbonyl (C=O) groups is 1. The SMILES string of the molecule is C#C[C@H](OC(C)C)C(=O)N(C)C. The Morgan fingerprint density at radius 1 is 1.50 bits per heavy atom. The molecule has 0 aromatic carbocycles. The van der Waals surface area contributed by atoms with E-state index >= 15 is 0 Å². The van der Waals surface area contributed by atoms with E-state index in [0.717, 1.165) is 0 Å². The highest BCUT2D eigenvalue weighted by Gasteiger charge is 2.18. The van der Waals surface area contributed by atoms with Crippen molar-refractivity contribution in [1.29, 1.82) is 0 Å². The zero-order valence-corrected chi connectivity index (χ0v) is 8.00. The Morgan fingerprint density at radius 2 is 2.00 bits per heavy atom. The summed E-state index contributed by atoms with van der Waals surface area (Å²) >= 11 is 0. The predicted molar refractivity (Wildman–Crippen MR) is 47.5 cm³/mol. The highest BCUT2D eigenvalue weighted by Crippen LogP contribution is 1.99. The summed E-state index contributed by atoms with van der Waals surface area (Å²) in [5.74, 6) is 2.11. The molecule has 0 rings (SSSR count). The van der Waals surface area contributed by atoms with Crippen LogP contribution in [-0.2, 0) is 9.53 Å². The normalized spacial score (nSPS) is 12.3. The summed E-state index contributed by atoms with van der Waals surface area (Å²) in [5.41, 5.74) is 0. The first-order chi connectivity index (χ1) is 5.49. The Hall–Kier alpha value is -1.01. The molecule has 0 aromatic rings.